The van der Waals surface area contributed by atoms with Crippen molar-refractivity contribution in [3.63, 3.8) is 0 Å². The molecule has 0 atom stereocenters. The average Bonchev–Trinajstić information content (AvgIpc) is 3.40. The van der Waals surface area contributed by atoms with Crippen molar-refractivity contribution in [2.24, 2.45) is 4.99 Å². The molecular formula is C20H27F2N5O2. The lowest BCUT2D eigenvalue weighted by Gasteiger charge is -2.20. The molecule has 0 bridgehead atoms. The van der Waals surface area contributed by atoms with Crippen molar-refractivity contribution < 1.29 is 18.3 Å². The number of rotatable bonds is 8. The van der Waals surface area contributed by atoms with E-state index in [4.69, 9.17) is 9.47 Å². The van der Waals surface area contributed by atoms with E-state index in [1.54, 1.807) is 14.2 Å². The van der Waals surface area contributed by atoms with Crippen LogP contribution in [0.1, 0.15) is 43.6 Å². The summed E-state index contributed by atoms with van der Waals surface area (Å²) >= 11 is 0. The fraction of sp³-hybridized carbons (Fsp3) is 0.500. The van der Waals surface area contributed by atoms with Crippen LogP contribution in [0.3, 0.4) is 0 Å². The number of methoxy groups -OCH3 is 1. The van der Waals surface area contributed by atoms with Gasteiger partial charge in [-0.1, -0.05) is 12.1 Å². The number of alkyl halides is 2. The Bertz CT molecular complexity index is 819. The standard InChI is InChI=1S/C20H27F2N5O2/c1-23-20(26-13-17-24-10-11-27(17)19(21)22)25-12-14-6-5-9-16(28-2)18(14)29-15-7-3-4-8-15/h5-6,9-11,15,19H,3-4,7-8,12-13H2,1-2H3,(H2,23,25,26). The number of aromatic nitrogens is 2. The summed E-state index contributed by atoms with van der Waals surface area (Å²) in [5.74, 6) is 2.13. The van der Waals surface area contributed by atoms with Crippen LogP contribution >= 0.6 is 0 Å². The first-order valence-corrected chi connectivity index (χ1v) is 9.69. The summed E-state index contributed by atoms with van der Waals surface area (Å²) in [4.78, 5) is 8.11. The monoisotopic (exact) mass is 407 g/mol. The number of nitrogens with zero attached hydrogens (tertiary/aromatic N) is 3. The first-order valence-electron chi connectivity index (χ1n) is 9.69. The van der Waals surface area contributed by atoms with Crippen LogP contribution in [0.2, 0.25) is 0 Å². The van der Waals surface area contributed by atoms with E-state index in [0.717, 1.165) is 28.7 Å². The van der Waals surface area contributed by atoms with Gasteiger partial charge in [-0.2, -0.15) is 8.78 Å². The zero-order chi connectivity index (χ0) is 20.6. The van der Waals surface area contributed by atoms with Crippen molar-refractivity contribution in [1.82, 2.24) is 20.2 Å². The smallest absolute Gasteiger partial charge is 0.319 e. The number of nitrogens with one attached hydrogen (secondary N) is 2. The minimum atomic E-state index is -2.63. The maximum atomic E-state index is 12.9. The van der Waals surface area contributed by atoms with Gasteiger partial charge < -0.3 is 20.1 Å². The molecule has 0 radical (unpaired) electrons. The number of benzene rings is 1. The summed E-state index contributed by atoms with van der Waals surface area (Å²) in [6, 6.07) is 5.76. The highest BCUT2D eigenvalue weighted by molar-refractivity contribution is 5.79. The lowest BCUT2D eigenvalue weighted by atomic mass is 10.1. The van der Waals surface area contributed by atoms with Gasteiger partial charge >= 0.3 is 6.55 Å². The van der Waals surface area contributed by atoms with Crippen molar-refractivity contribution in [3.05, 3.63) is 42.0 Å². The third-order valence-corrected chi connectivity index (χ3v) is 4.91. The molecule has 1 aromatic heterocycles. The van der Waals surface area contributed by atoms with Crippen LogP contribution in [-0.4, -0.2) is 35.8 Å². The molecule has 7 nitrogen and oxygen atoms in total. The molecule has 1 aliphatic carbocycles. The summed E-state index contributed by atoms with van der Waals surface area (Å²) in [6.07, 6.45) is 7.26. The van der Waals surface area contributed by atoms with Gasteiger partial charge in [0, 0.05) is 31.5 Å². The Hall–Kier alpha value is -2.84. The fourth-order valence-electron chi connectivity index (χ4n) is 3.39. The molecule has 1 aliphatic rings. The van der Waals surface area contributed by atoms with Gasteiger partial charge in [-0.05, 0) is 31.7 Å². The maximum absolute atomic E-state index is 12.9. The number of halogens is 2. The molecule has 1 saturated carbocycles. The third kappa shape index (κ3) is 5.36. The Morgan fingerprint density at radius 1 is 1.28 bits per heavy atom. The summed E-state index contributed by atoms with van der Waals surface area (Å²) in [5.41, 5.74) is 0.938. The number of ether oxygens (including phenoxy) is 2. The van der Waals surface area contributed by atoms with Gasteiger partial charge in [-0.15, -0.1) is 0 Å². The Morgan fingerprint density at radius 2 is 2.03 bits per heavy atom. The number of imidazole rings is 1. The zero-order valence-corrected chi connectivity index (χ0v) is 16.7. The van der Waals surface area contributed by atoms with Crippen LogP contribution in [0.25, 0.3) is 0 Å². The van der Waals surface area contributed by atoms with E-state index >= 15 is 0 Å². The van der Waals surface area contributed by atoms with Crippen LogP contribution < -0.4 is 20.1 Å². The summed E-state index contributed by atoms with van der Waals surface area (Å²) < 4.78 is 38.4. The predicted molar refractivity (Wildman–Crippen MR) is 106 cm³/mol. The van der Waals surface area contributed by atoms with E-state index in [-0.39, 0.29) is 18.5 Å². The number of hydrogen-bond acceptors (Lipinski definition) is 4. The Labute approximate surface area is 169 Å². The molecule has 0 spiro atoms. The van der Waals surface area contributed by atoms with Crippen molar-refractivity contribution in [2.75, 3.05) is 14.2 Å². The summed E-state index contributed by atoms with van der Waals surface area (Å²) in [6.45, 7) is -2.06. The molecule has 2 aromatic rings. The third-order valence-electron chi connectivity index (χ3n) is 4.91. The van der Waals surface area contributed by atoms with E-state index in [0.29, 0.717) is 18.3 Å². The average molecular weight is 407 g/mol. The quantitative estimate of drug-likeness (QED) is 0.518. The first kappa shape index (κ1) is 20.9. The number of guanidine groups is 1. The second-order valence-electron chi connectivity index (χ2n) is 6.78. The summed E-state index contributed by atoms with van der Waals surface area (Å²) in [7, 11) is 3.25. The second kappa shape index (κ2) is 10.1. The molecule has 29 heavy (non-hydrogen) atoms. The van der Waals surface area contributed by atoms with Crippen LogP contribution in [0, 0.1) is 0 Å². The zero-order valence-electron chi connectivity index (χ0n) is 16.7. The SMILES string of the molecule is CN=C(NCc1cccc(OC)c1OC1CCCC1)NCc1nccn1C(F)F. The van der Waals surface area contributed by atoms with Crippen molar-refractivity contribution in [3.8, 4) is 11.5 Å². The van der Waals surface area contributed by atoms with Gasteiger partial charge in [-0.25, -0.2) is 4.98 Å². The lowest BCUT2D eigenvalue weighted by molar-refractivity contribution is 0.0668. The molecule has 9 heteroatoms. The fourth-order valence-corrected chi connectivity index (χ4v) is 3.39. The molecule has 1 fully saturated rings. The molecule has 0 amide bonds. The van der Waals surface area contributed by atoms with E-state index in [1.807, 2.05) is 18.2 Å². The predicted octanol–water partition coefficient (Wildman–Crippen LogP) is 3.47. The van der Waals surface area contributed by atoms with Crippen LogP contribution in [0.5, 0.6) is 11.5 Å². The summed E-state index contributed by atoms with van der Waals surface area (Å²) in [5, 5.41) is 6.20. The van der Waals surface area contributed by atoms with Crippen LogP contribution in [-0.2, 0) is 13.1 Å². The van der Waals surface area contributed by atoms with Gasteiger partial charge in [0.25, 0.3) is 0 Å². The molecule has 158 valence electrons. The minimum absolute atomic E-state index is 0.126. The minimum Gasteiger partial charge on any atom is -0.493 e. The number of para-hydroxylation sites is 1. The van der Waals surface area contributed by atoms with Crippen molar-refractivity contribution in [1.29, 1.82) is 0 Å². The van der Waals surface area contributed by atoms with Gasteiger partial charge in [-0.3, -0.25) is 9.56 Å². The molecule has 1 heterocycles. The van der Waals surface area contributed by atoms with Crippen LogP contribution in [0.4, 0.5) is 8.78 Å². The second-order valence-corrected chi connectivity index (χ2v) is 6.78. The highest BCUT2D eigenvalue weighted by atomic mass is 19.3. The molecule has 0 aliphatic heterocycles. The largest absolute Gasteiger partial charge is 0.493 e. The highest BCUT2D eigenvalue weighted by Crippen LogP contribution is 2.34. The van der Waals surface area contributed by atoms with Gasteiger partial charge in [0.15, 0.2) is 17.5 Å². The molecule has 3 rings (SSSR count). The topological polar surface area (TPSA) is 72.7 Å². The Kier molecular flexibility index (Phi) is 7.26. The maximum Gasteiger partial charge on any atom is 0.319 e. The number of hydrogen-bond donors (Lipinski definition) is 2. The molecule has 2 N–H and O–H groups in total. The lowest BCUT2D eigenvalue weighted by Crippen LogP contribution is -2.37. The van der Waals surface area contributed by atoms with E-state index < -0.39 is 6.55 Å². The van der Waals surface area contributed by atoms with Crippen molar-refractivity contribution in [2.45, 2.75) is 51.4 Å². The molecule has 0 unspecified atom stereocenters. The molecular weight excluding hydrogens is 380 g/mol. The highest BCUT2D eigenvalue weighted by Gasteiger charge is 2.20. The van der Waals surface area contributed by atoms with E-state index in [2.05, 4.69) is 20.6 Å². The van der Waals surface area contributed by atoms with Gasteiger partial charge in [0.1, 0.15) is 5.82 Å². The normalized spacial score (nSPS) is 15.0. The Morgan fingerprint density at radius 3 is 2.72 bits per heavy atom. The molecule has 0 saturated heterocycles. The van der Waals surface area contributed by atoms with Crippen molar-refractivity contribution >= 4 is 5.96 Å². The van der Waals surface area contributed by atoms with Gasteiger partial charge in [0.2, 0.25) is 0 Å². The van der Waals surface area contributed by atoms with Gasteiger partial charge in [0.05, 0.1) is 19.8 Å². The van der Waals surface area contributed by atoms with E-state index in [1.165, 1.54) is 25.2 Å². The van der Waals surface area contributed by atoms with E-state index in [9.17, 15) is 8.78 Å². The Balaban J connectivity index is 1.63. The first-order chi connectivity index (χ1) is 14.1. The molecule has 1 aromatic carbocycles. The number of aliphatic imine (C=N–C) groups is 1. The van der Waals surface area contributed by atoms with Crippen LogP contribution in [0.15, 0.2) is 35.6 Å².